The summed E-state index contributed by atoms with van der Waals surface area (Å²) in [5, 5.41) is 2.86. The summed E-state index contributed by atoms with van der Waals surface area (Å²) in [6.07, 6.45) is 6.85. The Kier molecular flexibility index (Phi) is 5.19. The molecule has 0 bridgehead atoms. The van der Waals surface area contributed by atoms with E-state index in [0.717, 1.165) is 12.8 Å². The number of rotatable bonds is 5. The van der Waals surface area contributed by atoms with Crippen LogP contribution in [0.1, 0.15) is 38.5 Å². The Morgan fingerprint density at radius 2 is 2.11 bits per heavy atom. The van der Waals surface area contributed by atoms with E-state index in [0.29, 0.717) is 32.2 Å². The Morgan fingerprint density at radius 3 is 2.74 bits per heavy atom. The number of carbonyl (C=O) groups is 2. The van der Waals surface area contributed by atoms with Crippen LogP contribution in [0.4, 0.5) is 0 Å². The highest BCUT2D eigenvalue weighted by molar-refractivity contribution is 5.89. The molecule has 1 heterocycles. The highest BCUT2D eigenvalue weighted by Crippen LogP contribution is 2.20. The number of ether oxygens (including phenoxy) is 1. The van der Waals surface area contributed by atoms with Gasteiger partial charge in [0.15, 0.2) is 0 Å². The van der Waals surface area contributed by atoms with Crippen LogP contribution in [0.5, 0.6) is 0 Å². The third-order valence-corrected chi connectivity index (χ3v) is 4.02. The SMILES string of the molecule is CN1C[C@@H](C(=O)NCCOC2CCCCC2)CC1=O. The number of hydrogen-bond acceptors (Lipinski definition) is 3. The lowest BCUT2D eigenvalue weighted by Crippen LogP contribution is -2.35. The van der Waals surface area contributed by atoms with Gasteiger partial charge in [0, 0.05) is 26.6 Å². The Hall–Kier alpha value is -1.10. The second-order valence-corrected chi connectivity index (χ2v) is 5.60. The third kappa shape index (κ3) is 4.20. The first kappa shape index (κ1) is 14.3. The fraction of sp³-hybridized carbons (Fsp3) is 0.857. The molecule has 0 unspecified atom stereocenters. The van der Waals surface area contributed by atoms with Crippen molar-refractivity contribution in [2.24, 2.45) is 5.92 Å². The summed E-state index contributed by atoms with van der Waals surface area (Å²) in [6.45, 7) is 1.66. The minimum atomic E-state index is -0.188. The van der Waals surface area contributed by atoms with Crippen LogP contribution >= 0.6 is 0 Å². The van der Waals surface area contributed by atoms with E-state index in [-0.39, 0.29) is 17.7 Å². The number of carbonyl (C=O) groups excluding carboxylic acids is 2. The first-order chi connectivity index (χ1) is 9.16. The van der Waals surface area contributed by atoms with E-state index < -0.39 is 0 Å². The van der Waals surface area contributed by atoms with Crippen LogP contribution in [-0.4, -0.2) is 49.6 Å². The lowest BCUT2D eigenvalue weighted by atomic mass is 9.98. The molecule has 5 heteroatoms. The smallest absolute Gasteiger partial charge is 0.225 e. The lowest BCUT2D eigenvalue weighted by Gasteiger charge is -2.22. The van der Waals surface area contributed by atoms with Gasteiger partial charge in [-0.05, 0) is 12.8 Å². The predicted molar refractivity (Wildman–Crippen MR) is 71.6 cm³/mol. The van der Waals surface area contributed by atoms with Gasteiger partial charge in [-0.2, -0.15) is 0 Å². The monoisotopic (exact) mass is 268 g/mol. The summed E-state index contributed by atoms with van der Waals surface area (Å²) in [7, 11) is 1.74. The first-order valence-electron chi connectivity index (χ1n) is 7.30. The van der Waals surface area contributed by atoms with Crippen LogP contribution in [0.25, 0.3) is 0 Å². The van der Waals surface area contributed by atoms with Crippen molar-refractivity contribution in [3.05, 3.63) is 0 Å². The molecule has 0 aromatic heterocycles. The molecule has 0 radical (unpaired) electrons. The van der Waals surface area contributed by atoms with Gasteiger partial charge in [0.2, 0.25) is 11.8 Å². The molecule has 0 spiro atoms. The highest BCUT2D eigenvalue weighted by Gasteiger charge is 2.31. The zero-order valence-corrected chi connectivity index (χ0v) is 11.7. The minimum Gasteiger partial charge on any atom is -0.376 e. The van der Waals surface area contributed by atoms with Crippen molar-refractivity contribution in [2.75, 3.05) is 26.7 Å². The third-order valence-electron chi connectivity index (χ3n) is 4.02. The summed E-state index contributed by atoms with van der Waals surface area (Å²) in [5.74, 6) is -0.157. The van der Waals surface area contributed by atoms with Gasteiger partial charge in [-0.1, -0.05) is 19.3 Å². The second kappa shape index (κ2) is 6.89. The van der Waals surface area contributed by atoms with E-state index in [2.05, 4.69) is 5.32 Å². The van der Waals surface area contributed by atoms with Crippen molar-refractivity contribution in [3.8, 4) is 0 Å². The summed E-state index contributed by atoms with van der Waals surface area (Å²) in [6, 6.07) is 0. The molecule has 2 rings (SSSR count). The molecule has 1 saturated carbocycles. The van der Waals surface area contributed by atoms with Gasteiger partial charge in [-0.15, -0.1) is 0 Å². The number of nitrogens with one attached hydrogen (secondary N) is 1. The number of nitrogens with zero attached hydrogens (tertiary/aromatic N) is 1. The average Bonchev–Trinajstić information content (AvgIpc) is 2.76. The average molecular weight is 268 g/mol. The van der Waals surface area contributed by atoms with E-state index in [1.165, 1.54) is 19.3 Å². The van der Waals surface area contributed by atoms with Crippen molar-refractivity contribution in [1.29, 1.82) is 0 Å². The number of amides is 2. The Labute approximate surface area is 114 Å². The molecule has 19 heavy (non-hydrogen) atoms. The molecule has 2 fully saturated rings. The second-order valence-electron chi connectivity index (χ2n) is 5.60. The fourth-order valence-corrected chi connectivity index (χ4v) is 2.82. The van der Waals surface area contributed by atoms with E-state index in [1.54, 1.807) is 11.9 Å². The summed E-state index contributed by atoms with van der Waals surface area (Å²) < 4.78 is 5.75. The van der Waals surface area contributed by atoms with Crippen molar-refractivity contribution in [2.45, 2.75) is 44.6 Å². The van der Waals surface area contributed by atoms with E-state index >= 15 is 0 Å². The van der Waals surface area contributed by atoms with Gasteiger partial charge >= 0.3 is 0 Å². The molecule has 2 amide bonds. The zero-order chi connectivity index (χ0) is 13.7. The minimum absolute atomic E-state index is 0.0232. The fourth-order valence-electron chi connectivity index (χ4n) is 2.82. The van der Waals surface area contributed by atoms with E-state index in [4.69, 9.17) is 4.74 Å². The molecule has 108 valence electrons. The summed E-state index contributed by atoms with van der Waals surface area (Å²) >= 11 is 0. The molecule has 1 N–H and O–H groups in total. The van der Waals surface area contributed by atoms with Crippen LogP contribution in [0.15, 0.2) is 0 Å². The predicted octanol–water partition coefficient (Wildman–Crippen LogP) is 0.930. The number of likely N-dealkylation sites (tertiary alicyclic amines) is 1. The molecule has 0 aromatic rings. The standard InChI is InChI=1S/C14H24N2O3/c1-16-10-11(9-13(16)17)14(18)15-7-8-19-12-5-3-2-4-6-12/h11-12H,2-10H2,1H3,(H,15,18)/t11-/m0/s1. The zero-order valence-electron chi connectivity index (χ0n) is 11.7. The maximum Gasteiger partial charge on any atom is 0.225 e. The van der Waals surface area contributed by atoms with Crippen molar-refractivity contribution >= 4 is 11.8 Å². The van der Waals surface area contributed by atoms with E-state index in [9.17, 15) is 9.59 Å². The normalized spacial score (nSPS) is 24.8. The van der Waals surface area contributed by atoms with Gasteiger partial charge in [0.1, 0.15) is 0 Å². The first-order valence-corrected chi connectivity index (χ1v) is 7.30. The van der Waals surface area contributed by atoms with Crippen LogP contribution < -0.4 is 5.32 Å². The van der Waals surface area contributed by atoms with Crippen LogP contribution in [0.2, 0.25) is 0 Å². The maximum atomic E-state index is 11.8. The van der Waals surface area contributed by atoms with Gasteiger partial charge in [-0.3, -0.25) is 9.59 Å². The maximum absolute atomic E-state index is 11.8. The van der Waals surface area contributed by atoms with E-state index in [1.807, 2.05) is 0 Å². The lowest BCUT2D eigenvalue weighted by molar-refractivity contribution is -0.128. The van der Waals surface area contributed by atoms with Crippen molar-refractivity contribution in [3.63, 3.8) is 0 Å². The van der Waals surface area contributed by atoms with Crippen LogP contribution in [-0.2, 0) is 14.3 Å². The molecular formula is C14H24N2O3. The van der Waals surface area contributed by atoms with Gasteiger partial charge in [-0.25, -0.2) is 0 Å². The topological polar surface area (TPSA) is 58.6 Å². The molecule has 1 aliphatic heterocycles. The van der Waals surface area contributed by atoms with Crippen LogP contribution in [0, 0.1) is 5.92 Å². The molecule has 2 aliphatic rings. The van der Waals surface area contributed by atoms with Gasteiger partial charge in [0.05, 0.1) is 18.6 Å². The summed E-state index contributed by atoms with van der Waals surface area (Å²) in [4.78, 5) is 24.8. The van der Waals surface area contributed by atoms with Gasteiger partial charge in [0.25, 0.3) is 0 Å². The Bertz CT molecular complexity index is 327. The number of hydrogen-bond donors (Lipinski definition) is 1. The Balaban J connectivity index is 1.57. The highest BCUT2D eigenvalue weighted by atomic mass is 16.5. The quantitative estimate of drug-likeness (QED) is 0.755. The summed E-state index contributed by atoms with van der Waals surface area (Å²) in [5.41, 5.74) is 0. The molecule has 5 nitrogen and oxygen atoms in total. The molecule has 0 aromatic carbocycles. The molecule has 1 aliphatic carbocycles. The van der Waals surface area contributed by atoms with Crippen molar-refractivity contribution < 1.29 is 14.3 Å². The van der Waals surface area contributed by atoms with Gasteiger partial charge < -0.3 is 15.0 Å². The largest absolute Gasteiger partial charge is 0.376 e. The molecular weight excluding hydrogens is 244 g/mol. The Morgan fingerprint density at radius 1 is 1.37 bits per heavy atom. The van der Waals surface area contributed by atoms with Crippen LogP contribution in [0.3, 0.4) is 0 Å². The van der Waals surface area contributed by atoms with Crippen molar-refractivity contribution in [1.82, 2.24) is 10.2 Å². The molecule has 1 atom stereocenters. The molecule has 1 saturated heterocycles.